The van der Waals surface area contributed by atoms with E-state index in [0.29, 0.717) is 31.9 Å². The number of tetrazole rings is 1. The molecular weight excluding hydrogens is 441 g/mol. The van der Waals surface area contributed by atoms with Crippen LogP contribution in [0.25, 0.3) is 0 Å². The molecule has 2 saturated heterocycles. The number of ether oxygens (including phenoxy) is 1. The van der Waals surface area contributed by atoms with Crippen LogP contribution in [0, 0.1) is 0 Å². The van der Waals surface area contributed by atoms with E-state index in [-0.39, 0.29) is 24.0 Å². The summed E-state index contributed by atoms with van der Waals surface area (Å²) in [6.07, 6.45) is -1.19. The van der Waals surface area contributed by atoms with Crippen molar-refractivity contribution in [3.63, 3.8) is 0 Å². The van der Waals surface area contributed by atoms with Gasteiger partial charge in [0, 0.05) is 38.3 Å². The van der Waals surface area contributed by atoms with Crippen LogP contribution in [0.3, 0.4) is 0 Å². The maximum absolute atomic E-state index is 12.8. The second-order valence-corrected chi connectivity index (χ2v) is 7.96. The van der Waals surface area contributed by atoms with Gasteiger partial charge >= 0.3 is 18.2 Å². The zero-order valence-electron chi connectivity index (χ0n) is 17.3. The molecule has 5 rings (SSSR count). The topological polar surface area (TPSA) is 102 Å². The third-order valence-corrected chi connectivity index (χ3v) is 5.81. The van der Waals surface area contributed by atoms with E-state index < -0.39 is 11.9 Å². The second kappa shape index (κ2) is 8.30. The summed E-state index contributed by atoms with van der Waals surface area (Å²) >= 11 is 0. The number of hydrogen-bond acceptors (Lipinski definition) is 7. The van der Waals surface area contributed by atoms with Crippen LogP contribution < -0.4 is 4.74 Å². The van der Waals surface area contributed by atoms with Gasteiger partial charge in [-0.2, -0.15) is 18.2 Å². The molecule has 0 N–H and O–H groups in total. The standard InChI is InChI=1S/C20H19F3N8O2/c21-20(22,23)17-5-7-24-18(26-17)33-16-3-1-13(2-4-16)14-9-30(10-14)19(32)29-8-6-15(11-29)31-12-25-27-28-31/h1-5,7,12,14-15H,6,8-11H2/t15-/m1/s1. The van der Waals surface area contributed by atoms with Crippen LogP contribution >= 0.6 is 0 Å². The minimum Gasteiger partial charge on any atom is -0.424 e. The van der Waals surface area contributed by atoms with Crippen molar-refractivity contribution in [2.45, 2.75) is 24.6 Å². The van der Waals surface area contributed by atoms with Gasteiger partial charge in [0.15, 0.2) is 5.69 Å². The van der Waals surface area contributed by atoms with E-state index in [0.717, 1.165) is 24.2 Å². The Bertz CT molecular complexity index is 1120. The third-order valence-electron chi connectivity index (χ3n) is 5.81. The Kier molecular flexibility index (Phi) is 5.30. The molecule has 33 heavy (non-hydrogen) atoms. The van der Waals surface area contributed by atoms with Gasteiger partial charge in [-0.1, -0.05) is 12.1 Å². The predicted octanol–water partition coefficient (Wildman–Crippen LogP) is 2.74. The molecule has 10 nitrogen and oxygen atoms in total. The lowest BCUT2D eigenvalue weighted by Crippen LogP contribution is -2.53. The molecule has 0 spiro atoms. The van der Waals surface area contributed by atoms with Crippen molar-refractivity contribution in [3.8, 4) is 11.8 Å². The molecule has 2 amide bonds. The molecule has 172 valence electrons. The summed E-state index contributed by atoms with van der Waals surface area (Å²) in [6.45, 7) is 2.44. The number of amides is 2. The highest BCUT2D eigenvalue weighted by Crippen LogP contribution is 2.32. The SMILES string of the molecule is O=C(N1CC(c2ccc(Oc3nccc(C(F)(F)F)n3)cc2)C1)N1CC[C@@H](n2cnnn2)C1. The van der Waals surface area contributed by atoms with E-state index in [1.807, 2.05) is 17.0 Å². The summed E-state index contributed by atoms with van der Waals surface area (Å²) in [4.78, 5) is 23.5. The number of hydrogen-bond donors (Lipinski definition) is 0. The molecule has 2 aliphatic rings. The lowest BCUT2D eigenvalue weighted by Gasteiger charge is -2.41. The van der Waals surface area contributed by atoms with Gasteiger partial charge in [-0.25, -0.2) is 14.5 Å². The Morgan fingerprint density at radius 2 is 1.85 bits per heavy atom. The van der Waals surface area contributed by atoms with Gasteiger partial charge in [0.1, 0.15) is 12.1 Å². The van der Waals surface area contributed by atoms with Gasteiger partial charge < -0.3 is 14.5 Å². The highest BCUT2D eigenvalue weighted by Gasteiger charge is 2.37. The minimum absolute atomic E-state index is 0.00322. The van der Waals surface area contributed by atoms with E-state index >= 15 is 0 Å². The average molecular weight is 460 g/mol. The molecule has 0 unspecified atom stereocenters. The first-order chi connectivity index (χ1) is 15.9. The van der Waals surface area contributed by atoms with Crippen LogP contribution in [0.5, 0.6) is 11.8 Å². The number of carbonyl (C=O) groups excluding carboxylic acids is 1. The molecule has 1 aromatic carbocycles. The Morgan fingerprint density at radius 3 is 2.55 bits per heavy atom. The zero-order valence-corrected chi connectivity index (χ0v) is 17.3. The summed E-state index contributed by atoms with van der Waals surface area (Å²) in [7, 11) is 0. The van der Waals surface area contributed by atoms with Crippen molar-refractivity contribution >= 4 is 6.03 Å². The number of aromatic nitrogens is 6. The molecule has 0 saturated carbocycles. The molecule has 4 heterocycles. The highest BCUT2D eigenvalue weighted by molar-refractivity contribution is 5.76. The third kappa shape index (κ3) is 4.43. The van der Waals surface area contributed by atoms with Gasteiger partial charge in [-0.05, 0) is 40.6 Å². The van der Waals surface area contributed by atoms with E-state index in [1.54, 1.807) is 28.0 Å². The first-order valence-corrected chi connectivity index (χ1v) is 10.3. The maximum atomic E-state index is 12.8. The summed E-state index contributed by atoms with van der Waals surface area (Å²) in [5.41, 5.74) is -0.0463. The monoisotopic (exact) mass is 460 g/mol. The van der Waals surface area contributed by atoms with E-state index in [2.05, 4.69) is 25.5 Å². The molecular formula is C20H19F3N8O2. The van der Waals surface area contributed by atoms with Crippen LogP contribution in [0.2, 0.25) is 0 Å². The molecule has 2 aliphatic heterocycles. The number of alkyl halides is 3. The quantitative estimate of drug-likeness (QED) is 0.590. The summed E-state index contributed by atoms with van der Waals surface area (Å²) in [6, 6.07) is 7.48. The largest absolute Gasteiger partial charge is 0.433 e. The van der Waals surface area contributed by atoms with Crippen molar-refractivity contribution < 1.29 is 22.7 Å². The normalized spacial score (nSPS) is 18.9. The smallest absolute Gasteiger partial charge is 0.424 e. The zero-order chi connectivity index (χ0) is 23.0. The number of carbonyl (C=O) groups is 1. The maximum Gasteiger partial charge on any atom is 0.433 e. The van der Waals surface area contributed by atoms with E-state index in [1.165, 1.54) is 0 Å². The molecule has 0 aliphatic carbocycles. The van der Waals surface area contributed by atoms with Crippen LogP contribution in [0.1, 0.15) is 29.6 Å². The first-order valence-electron chi connectivity index (χ1n) is 10.3. The van der Waals surface area contributed by atoms with Crippen molar-refractivity contribution in [2.75, 3.05) is 26.2 Å². The van der Waals surface area contributed by atoms with Gasteiger partial charge in [-0.15, -0.1) is 5.10 Å². The number of halogens is 3. The van der Waals surface area contributed by atoms with Crippen molar-refractivity contribution in [3.05, 3.63) is 54.1 Å². The average Bonchev–Trinajstić information content (AvgIpc) is 3.45. The highest BCUT2D eigenvalue weighted by atomic mass is 19.4. The molecule has 3 aromatic rings. The minimum atomic E-state index is -4.57. The number of nitrogens with zero attached hydrogens (tertiary/aromatic N) is 8. The van der Waals surface area contributed by atoms with Crippen LogP contribution in [0.4, 0.5) is 18.0 Å². The van der Waals surface area contributed by atoms with Crippen LogP contribution in [0.15, 0.2) is 42.9 Å². The van der Waals surface area contributed by atoms with Gasteiger partial charge in [0.25, 0.3) is 0 Å². The molecule has 2 fully saturated rings. The molecule has 13 heteroatoms. The van der Waals surface area contributed by atoms with Crippen molar-refractivity contribution in [1.29, 1.82) is 0 Å². The lowest BCUT2D eigenvalue weighted by atomic mass is 9.92. The van der Waals surface area contributed by atoms with Crippen molar-refractivity contribution in [2.24, 2.45) is 0 Å². The Balaban J connectivity index is 1.14. The van der Waals surface area contributed by atoms with Crippen LogP contribution in [-0.4, -0.2) is 72.2 Å². The van der Waals surface area contributed by atoms with E-state index in [4.69, 9.17) is 4.74 Å². The van der Waals surface area contributed by atoms with Gasteiger partial charge in [-0.3, -0.25) is 0 Å². The number of likely N-dealkylation sites (tertiary alicyclic amines) is 2. The number of rotatable bonds is 4. The van der Waals surface area contributed by atoms with Crippen LogP contribution in [-0.2, 0) is 6.18 Å². The Labute approximate surface area is 186 Å². The Morgan fingerprint density at radius 1 is 1.06 bits per heavy atom. The van der Waals surface area contributed by atoms with E-state index in [9.17, 15) is 18.0 Å². The fourth-order valence-corrected chi connectivity index (χ4v) is 3.97. The molecule has 2 aromatic heterocycles. The predicted molar refractivity (Wildman–Crippen MR) is 106 cm³/mol. The molecule has 0 bridgehead atoms. The molecule has 0 radical (unpaired) electrons. The number of urea groups is 1. The summed E-state index contributed by atoms with van der Waals surface area (Å²) < 4.78 is 45.4. The molecule has 1 atom stereocenters. The van der Waals surface area contributed by atoms with Gasteiger partial charge in [0.2, 0.25) is 0 Å². The fraction of sp³-hybridized carbons (Fsp3) is 0.400. The second-order valence-electron chi connectivity index (χ2n) is 7.96. The van der Waals surface area contributed by atoms with Crippen molar-refractivity contribution in [1.82, 2.24) is 40.0 Å². The van der Waals surface area contributed by atoms with Gasteiger partial charge in [0.05, 0.1) is 6.04 Å². The first kappa shape index (κ1) is 21.1. The fourth-order valence-electron chi connectivity index (χ4n) is 3.97. The summed E-state index contributed by atoms with van der Waals surface area (Å²) in [5.74, 6) is 0.516. The Hall–Kier alpha value is -3.77. The lowest BCUT2D eigenvalue weighted by molar-refractivity contribution is -0.141. The summed E-state index contributed by atoms with van der Waals surface area (Å²) in [5, 5.41) is 11.2. The number of benzene rings is 1.